The highest BCUT2D eigenvalue weighted by atomic mass is 19.1. The molecule has 0 bridgehead atoms. The molecular weight excluding hydrogens is 275 g/mol. The van der Waals surface area contributed by atoms with Crippen molar-refractivity contribution >= 4 is 6.09 Å². The fraction of sp³-hybridized carbons (Fsp3) is 0.600. The molecular formula is C15H21FN2O3. The number of aromatic nitrogens is 1. The van der Waals surface area contributed by atoms with Gasteiger partial charge in [-0.2, -0.15) is 0 Å². The van der Waals surface area contributed by atoms with Crippen LogP contribution in [-0.4, -0.2) is 38.8 Å². The van der Waals surface area contributed by atoms with Gasteiger partial charge in [0.25, 0.3) is 0 Å². The minimum absolute atomic E-state index is 0.320. The first-order chi connectivity index (χ1) is 10.0. The first kappa shape index (κ1) is 15.7. The third-order valence-electron chi connectivity index (χ3n) is 4.10. The quantitative estimate of drug-likeness (QED) is 0.896. The predicted octanol–water partition coefficient (Wildman–Crippen LogP) is 2.81. The van der Waals surface area contributed by atoms with E-state index < -0.39 is 24.1 Å². The summed E-state index contributed by atoms with van der Waals surface area (Å²) in [6.45, 7) is 2.50. The van der Waals surface area contributed by atoms with Crippen molar-refractivity contribution in [2.75, 3.05) is 6.54 Å². The van der Waals surface area contributed by atoms with Gasteiger partial charge in [-0.1, -0.05) is 13.3 Å². The Balaban J connectivity index is 2.15. The Bertz CT molecular complexity index is 498. The van der Waals surface area contributed by atoms with E-state index in [9.17, 15) is 19.4 Å². The van der Waals surface area contributed by atoms with Crippen LogP contribution in [-0.2, 0) is 0 Å². The molecule has 2 heterocycles. The van der Waals surface area contributed by atoms with Gasteiger partial charge >= 0.3 is 6.09 Å². The molecule has 1 saturated heterocycles. The number of piperidine rings is 1. The molecule has 5 nitrogen and oxygen atoms in total. The number of pyridine rings is 1. The van der Waals surface area contributed by atoms with Crippen LogP contribution in [0.25, 0.3) is 0 Å². The zero-order valence-electron chi connectivity index (χ0n) is 12.1. The van der Waals surface area contributed by atoms with Crippen molar-refractivity contribution in [2.45, 2.75) is 44.8 Å². The summed E-state index contributed by atoms with van der Waals surface area (Å²) in [5.74, 6) is -0.201. The minimum atomic E-state index is -1.05. The van der Waals surface area contributed by atoms with Gasteiger partial charge in [-0.15, -0.1) is 0 Å². The second-order valence-electron chi connectivity index (χ2n) is 5.62. The van der Waals surface area contributed by atoms with E-state index in [1.165, 1.54) is 17.2 Å². The van der Waals surface area contributed by atoms with Crippen molar-refractivity contribution in [2.24, 2.45) is 5.92 Å². The van der Waals surface area contributed by atoms with Crippen molar-refractivity contribution in [1.29, 1.82) is 0 Å². The maximum atomic E-state index is 13.2. The summed E-state index contributed by atoms with van der Waals surface area (Å²) in [5, 5.41) is 19.8. The lowest BCUT2D eigenvalue weighted by Gasteiger charge is -2.40. The highest BCUT2D eigenvalue weighted by molar-refractivity contribution is 5.65. The van der Waals surface area contributed by atoms with E-state index in [4.69, 9.17) is 0 Å². The molecule has 116 valence electrons. The molecule has 6 heteroatoms. The van der Waals surface area contributed by atoms with Gasteiger partial charge in [0, 0.05) is 18.3 Å². The van der Waals surface area contributed by atoms with Crippen molar-refractivity contribution in [3.63, 3.8) is 0 Å². The molecule has 0 spiro atoms. The van der Waals surface area contributed by atoms with Crippen LogP contribution < -0.4 is 0 Å². The maximum absolute atomic E-state index is 13.2. The number of hydrogen-bond donors (Lipinski definition) is 2. The first-order valence-corrected chi connectivity index (χ1v) is 7.31. The summed E-state index contributed by atoms with van der Waals surface area (Å²) in [7, 11) is 0. The topological polar surface area (TPSA) is 73.7 Å². The Labute approximate surface area is 123 Å². The van der Waals surface area contributed by atoms with Gasteiger partial charge in [0.05, 0.1) is 12.2 Å². The van der Waals surface area contributed by atoms with Gasteiger partial charge in [-0.05, 0) is 31.2 Å². The monoisotopic (exact) mass is 296 g/mol. The highest BCUT2D eigenvalue weighted by Gasteiger charge is 2.36. The van der Waals surface area contributed by atoms with Crippen molar-refractivity contribution in [3.05, 3.63) is 29.8 Å². The van der Waals surface area contributed by atoms with Crippen LogP contribution in [0.4, 0.5) is 9.18 Å². The van der Waals surface area contributed by atoms with E-state index >= 15 is 0 Å². The van der Waals surface area contributed by atoms with Crippen LogP contribution in [0.15, 0.2) is 18.5 Å². The van der Waals surface area contributed by atoms with Crippen molar-refractivity contribution in [1.82, 2.24) is 9.88 Å². The smallest absolute Gasteiger partial charge is 0.407 e. The summed E-state index contributed by atoms with van der Waals surface area (Å²) < 4.78 is 13.2. The summed E-state index contributed by atoms with van der Waals surface area (Å²) in [6.07, 6.45) is 3.80. The number of rotatable bonds is 4. The molecule has 0 aliphatic carbocycles. The maximum Gasteiger partial charge on any atom is 0.407 e. The van der Waals surface area contributed by atoms with Crippen LogP contribution in [0, 0.1) is 11.7 Å². The Kier molecular flexibility index (Phi) is 5.12. The summed E-state index contributed by atoms with van der Waals surface area (Å²) in [4.78, 5) is 16.4. The number of halogens is 1. The fourth-order valence-corrected chi connectivity index (χ4v) is 3.07. The van der Waals surface area contributed by atoms with Crippen LogP contribution in [0.1, 0.15) is 44.3 Å². The number of hydrogen-bond acceptors (Lipinski definition) is 3. The molecule has 21 heavy (non-hydrogen) atoms. The molecule has 1 aromatic heterocycles. The number of likely N-dealkylation sites (tertiary alicyclic amines) is 1. The van der Waals surface area contributed by atoms with Crippen LogP contribution in [0.2, 0.25) is 0 Å². The SMILES string of the molecule is CCC[C@@H]1CC[C@H](C(O)c2cncc(F)c2)N(C(=O)O)C1. The molecule has 1 amide bonds. The predicted molar refractivity (Wildman–Crippen MR) is 75.3 cm³/mol. The number of amides is 1. The highest BCUT2D eigenvalue weighted by Crippen LogP contribution is 2.32. The van der Waals surface area contributed by atoms with Gasteiger partial charge in [-0.25, -0.2) is 9.18 Å². The second kappa shape index (κ2) is 6.85. The summed E-state index contributed by atoms with van der Waals surface area (Å²) in [5.41, 5.74) is 0.320. The number of carboxylic acid groups (broad SMARTS) is 1. The molecule has 1 aromatic rings. The van der Waals surface area contributed by atoms with Gasteiger partial charge < -0.3 is 15.1 Å². The van der Waals surface area contributed by atoms with E-state index in [1.807, 2.05) is 0 Å². The van der Waals surface area contributed by atoms with E-state index in [2.05, 4.69) is 11.9 Å². The summed E-state index contributed by atoms with van der Waals surface area (Å²) >= 11 is 0. The molecule has 2 N–H and O–H groups in total. The number of nitrogens with zero attached hydrogens (tertiary/aromatic N) is 2. The normalized spacial score (nSPS) is 23.9. The molecule has 0 radical (unpaired) electrons. The zero-order valence-corrected chi connectivity index (χ0v) is 12.1. The van der Waals surface area contributed by atoms with Gasteiger partial charge in [0.1, 0.15) is 11.9 Å². The Morgan fingerprint density at radius 2 is 2.29 bits per heavy atom. The van der Waals surface area contributed by atoms with E-state index in [1.54, 1.807) is 0 Å². The lowest BCUT2D eigenvalue weighted by atomic mass is 9.86. The molecule has 1 fully saturated rings. The second-order valence-corrected chi connectivity index (χ2v) is 5.62. The van der Waals surface area contributed by atoms with Crippen molar-refractivity contribution in [3.8, 4) is 0 Å². The minimum Gasteiger partial charge on any atom is -0.465 e. The Morgan fingerprint density at radius 1 is 1.52 bits per heavy atom. The Morgan fingerprint density at radius 3 is 2.90 bits per heavy atom. The van der Waals surface area contributed by atoms with Crippen LogP contribution in [0.5, 0.6) is 0 Å². The number of aliphatic hydroxyl groups is 1. The van der Waals surface area contributed by atoms with Crippen molar-refractivity contribution < 1.29 is 19.4 Å². The molecule has 1 unspecified atom stereocenters. The fourth-order valence-electron chi connectivity index (χ4n) is 3.07. The largest absolute Gasteiger partial charge is 0.465 e. The van der Waals surface area contributed by atoms with Gasteiger partial charge in [-0.3, -0.25) is 4.98 Å². The zero-order chi connectivity index (χ0) is 15.4. The number of aliphatic hydroxyl groups excluding tert-OH is 1. The molecule has 1 aliphatic rings. The van der Waals surface area contributed by atoms with Crippen LogP contribution >= 0.6 is 0 Å². The van der Waals surface area contributed by atoms with Gasteiger partial charge in [0.15, 0.2) is 0 Å². The average molecular weight is 296 g/mol. The molecule has 0 aromatic carbocycles. The van der Waals surface area contributed by atoms with Crippen LogP contribution in [0.3, 0.4) is 0 Å². The third-order valence-corrected chi connectivity index (χ3v) is 4.10. The first-order valence-electron chi connectivity index (χ1n) is 7.31. The molecule has 1 aliphatic heterocycles. The standard InChI is InChI=1S/C15H21FN2O3/c1-2-3-10-4-5-13(18(9-10)15(20)21)14(19)11-6-12(16)8-17-7-11/h6-8,10,13-14,19H,2-5,9H2,1H3,(H,20,21)/t10-,13-,14?/m1/s1. The van der Waals surface area contributed by atoms with Gasteiger partial charge in [0.2, 0.25) is 0 Å². The van der Waals surface area contributed by atoms with E-state index in [0.29, 0.717) is 24.4 Å². The molecule has 3 atom stereocenters. The van der Waals surface area contributed by atoms with E-state index in [0.717, 1.165) is 25.5 Å². The molecule has 2 rings (SSSR count). The average Bonchev–Trinajstić information content (AvgIpc) is 2.46. The molecule has 0 saturated carbocycles. The Hall–Kier alpha value is -1.69. The number of carbonyl (C=O) groups is 1. The summed E-state index contributed by atoms with van der Waals surface area (Å²) in [6, 6.07) is 0.662. The van der Waals surface area contributed by atoms with E-state index in [-0.39, 0.29) is 0 Å². The lowest BCUT2D eigenvalue weighted by Crippen LogP contribution is -2.49. The third kappa shape index (κ3) is 3.69. The lowest BCUT2D eigenvalue weighted by molar-refractivity contribution is 0.0124.